The predicted octanol–water partition coefficient (Wildman–Crippen LogP) is 2.35. The van der Waals surface area contributed by atoms with Crippen LogP contribution in [-0.4, -0.2) is 16.6 Å². The monoisotopic (exact) mass is 273 g/mol. The van der Waals surface area contributed by atoms with Crippen molar-refractivity contribution in [1.82, 2.24) is 10.3 Å². The standard InChI is InChI=1S/C12H7N3OS2/c13-5-7(11-15-10(16)6-17-11)12-14-8-3-1-2-4-9(8)18-12/h1-4H,6H2,(H,15,16)/b11-7-. The maximum atomic E-state index is 11.2. The Morgan fingerprint density at radius 2 is 2.28 bits per heavy atom. The Bertz CT molecular complexity index is 678. The highest BCUT2D eigenvalue weighted by molar-refractivity contribution is 8.04. The summed E-state index contributed by atoms with van der Waals surface area (Å²) in [6.45, 7) is 0. The predicted molar refractivity (Wildman–Crippen MR) is 72.8 cm³/mol. The fourth-order valence-electron chi connectivity index (χ4n) is 1.65. The van der Waals surface area contributed by atoms with E-state index in [1.807, 2.05) is 24.3 Å². The smallest absolute Gasteiger partial charge is 0.235 e. The first-order chi connectivity index (χ1) is 8.78. The van der Waals surface area contributed by atoms with Gasteiger partial charge in [0.15, 0.2) is 0 Å². The highest BCUT2D eigenvalue weighted by Crippen LogP contribution is 2.32. The molecular formula is C12H7N3OS2. The van der Waals surface area contributed by atoms with Crippen molar-refractivity contribution in [3.63, 3.8) is 0 Å². The van der Waals surface area contributed by atoms with Crippen LogP contribution in [0.2, 0.25) is 0 Å². The van der Waals surface area contributed by atoms with E-state index in [-0.39, 0.29) is 5.91 Å². The lowest BCUT2D eigenvalue weighted by atomic mass is 10.3. The van der Waals surface area contributed by atoms with E-state index in [0.717, 1.165) is 10.2 Å². The van der Waals surface area contributed by atoms with E-state index in [9.17, 15) is 10.1 Å². The summed E-state index contributed by atoms with van der Waals surface area (Å²) in [4.78, 5) is 15.6. The number of hydrogen-bond acceptors (Lipinski definition) is 5. The number of thioether (sulfide) groups is 1. The van der Waals surface area contributed by atoms with Gasteiger partial charge in [-0.2, -0.15) is 5.26 Å². The topological polar surface area (TPSA) is 65.8 Å². The molecule has 18 heavy (non-hydrogen) atoms. The number of nitriles is 1. The number of benzene rings is 1. The fourth-order valence-corrected chi connectivity index (χ4v) is 3.50. The summed E-state index contributed by atoms with van der Waals surface area (Å²) in [6.07, 6.45) is 0. The zero-order valence-corrected chi connectivity index (χ0v) is 10.8. The highest BCUT2D eigenvalue weighted by atomic mass is 32.2. The van der Waals surface area contributed by atoms with E-state index in [1.54, 1.807) is 0 Å². The largest absolute Gasteiger partial charge is 0.319 e. The minimum atomic E-state index is -0.0659. The second-order valence-corrected chi connectivity index (χ2v) is 5.66. The Morgan fingerprint density at radius 3 is 2.94 bits per heavy atom. The molecule has 1 saturated heterocycles. The van der Waals surface area contributed by atoms with Crippen LogP contribution in [0.15, 0.2) is 29.3 Å². The first-order valence-electron chi connectivity index (χ1n) is 5.21. The van der Waals surface area contributed by atoms with Gasteiger partial charge in [-0.15, -0.1) is 11.3 Å². The van der Waals surface area contributed by atoms with Crippen LogP contribution in [0.5, 0.6) is 0 Å². The molecule has 1 N–H and O–H groups in total. The maximum Gasteiger partial charge on any atom is 0.235 e. The molecule has 0 aliphatic carbocycles. The number of thiazole rings is 1. The Kier molecular flexibility index (Phi) is 2.78. The molecule has 3 rings (SSSR count). The van der Waals surface area contributed by atoms with Crippen LogP contribution in [0.3, 0.4) is 0 Å². The van der Waals surface area contributed by atoms with Crippen molar-refractivity contribution in [2.24, 2.45) is 0 Å². The van der Waals surface area contributed by atoms with Gasteiger partial charge in [0.1, 0.15) is 16.6 Å². The molecule has 2 aromatic rings. The molecule has 0 radical (unpaired) electrons. The minimum Gasteiger partial charge on any atom is -0.319 e. The van der Waals surface area contributed by atoms with E-state index in [4.69, 9.17) is 0 Å². The van der Waals surface area contributed by atoms with Gasteiger partial charge in [0, 0.05) is 0 Å². The highest BCUT2D eigenvalue weighted by Gasteiger charge is 2.22. The summed E-state index contributed by atoms with van der Waals surface area (Å²) in [5, 5.41) is 13.2. The average Bonchev–Trinajstić information content (AvgIpc) is 2.96. The van der Waals surface area contributed by atoms with Crippen LogP contribution < -0.4 is 5.32 Å². The SMILES string of the molecule is N#C/C(=C1\NC(=O)CS1)c1nc2ccccc2s1. The van der Waals surface area contributed by atoms with Gasteiger partial charge in [0.25, 0.3) is 0 Å². The molecule has 4 nitrogen and oxygen atoms in total. The summed E-state index contributed by atoms with van der Waals surface area (Å²) < 4.78 is 1.04. The lowest BCUT2D eigenvalue weighted by Gasteiger charge is -1.98. The number of fused-ring (bicyclic) bond motifs is 1. The molecule has 88 valence electrons. The number of carbonyl (C=O) groups excluding carboxylic acids is 1. The van der Waals surface area contributed by atoms with E-state index in [2.05, 4.69) is 16.4 Å². The number of rotatable bonds is 1. The van der Waals surface area contributed by atoms with Crippen molar-refractivity contribution in [1.29, 1.82) is 5.26 Å². The molecule has 1 amide bonds. The van der Waals surface area contributed by atoms with Crippen molar-refractivity contribution in [2.45, 2.75) is 0 Å². The summed E-state index contributed by atoms with van der Waals surface area (Å²) in [6, 6.07) is 9.87. The second kappa shape index (κ2) is 4.44. The molecule has 1 aliphatic rings. The zero-order valence-electron chi connectivity index (χ0n) is 9.14. The maximum absolute atomic E-state index is 11.2. The average molecular weight is 273 g/mol. The van der Waals surface area contributed by atoms with E-state index >= 15 is 0 Å². The molecule has 1 fully saturated rings. The number of para-hydroxylation sites is 1. The van der Waals surface area contributed by atoms with Crippen molar-refractivity contribution in [3.8, 4) is 6.07 Å². The Hall–Kier alpha value is -1.84. The first-order valence-corrected chi connectivity index (χ1v) is 7.01. The summed E-state index contributed by atoms with van der Waals surface area (Å²) in [5.41, 5.74) is 1.33. The van der Waals surface area contributed by atoms with Gasteiger partial charge in [0.2, 0.25) is 5.91 Å². The lowest BCUT2D eigenvalue weighted by molar-refractivity contribution is -0.117. The quantitative estimate of drug-likeness (QED) is 0.810. The molecule has 1 aromatic heterocycles. The van der Waals surface area contributed by atoms with E-state index in [0.29, 0.717) is 21.4 Å². The molecule has 0 saturated carbocycles. The van der Waals surface area contributed by atoms with Crippen LogP contribution >= 0.6 is 23.1 Å². The summed E-state index contributed by atoms with van der Waals surface area (Å²) in [7, 11) is 0. The number of allylic oxidation sites excluding steroid dienone is 1. The molecular weight excluding hydrogens is 266 g/mol. The number of aromatic nitrogens is 1. The van der Waals surface area contributed by atoms with Crippen molar-refractivity contribution >= 4 is 44.8 Å². The number of nitrogens with zero attached hydrogens (tertiary/aromatic N) is 2. The third-order valence-electron chi connectivity index (χ3n) is 2.45. The van der Waals surface area contributed by atoms with Gasteiger partial charge in [0.05, 0.1) is 21.0 Å². The second-order valence-electron chi connectivity index (χ2n) is 3.64. The normalized spacial score (nSPS) is 17.6. The third kappa shape index (κ3) is 1.88. The number of hydrogen-bond donors (Lipinski definition) is 1. The minimum absolute atomic E-state index is 0.0659. The lowest BCUT2D eigenvalue weighted by Crippen LogP contribution is -2.14. The molecule has 1 aromatic carbocycles. The molecule has 0 spiro atoms. The van der Waals surface area contributed by atoms with Crippen molar-refractivity contribution in [2.75, 3.05) is 5.75 Å². The van der Waals surface area contributed by atoms with E-state index in [1.165, 1.54) is 23.1 Å². The summed E-state index contributed by atoms with van der Waals surface area (Å²) in [5.74, 6) is 0.301. The molecule has 0 bridgehead atoms. The molecule has 0 atom stereocenters. The van der Waals surface area contributed by atoms with Gasteiger partial charge in [-0.3, -0.25) is 4.79 Å². The number of carbonyl (C=O) groups is 1. The fraction of sp³-hybridized carbons (Fsp3) is 0.0833. The number of amides is 1. The van der Waals surface area contributed by atoms with Crippen LogP contribution in [0.1, 0.15) is 5.01 Å². The third-order valence-corrected chi connectivity index (χ3v) is 4.50. The molecule has 0 unspecified atom stereocenters. The first kappa shape index (κ1) is 11.3. The van der Waals surface area contributed by atoms with Gasteiger partial charge >= 0.3 is 0 Å². The molecule has 2 heterocycles. The Labute approximate surface area is 111 Å². The number of nitrogens with one attached hydrogen (secondary N) is 1. The molecule has 1 aliphatic heterocycles. The summed E-state index contributed by atoms with van der Waals surface area (Å²) >= 11 is 2.81. The van der Waals surface area contributed by atoms with Crippen LogP contribution in [0.4, 0.5) is 0 Å². The Balaban J connectivity index is 2.12. The zero-order chi connectivity index (χ0) is 12.5. The van der Waals surface area contributed by atoms with Crippen molar-refractivity contribution in [3.05, 3.63) is 34.3 Å². The van der Waals surface area contributed by atoms with Crippen LogP contribution in [0.25, 0.3) is 15.8 Å². The van der Waals surface area contributed by atoms with Gasteiger partial charge in [-0.1, -0.05) is 23.9 Å². The van der Waals surface area contributed by atoms with Crippen LogP contribution in [0, 0.1) is 11.3 Å². The Morgan fingerprint density at radius 1 is 1.44 bits per heavy atom. The van der Waals surface area contributed by atoms with Gasteiger partial charge in [-0.05, 0) is 12.1 Å². The van der Waals surface area contributed by atoms with Crippen LogP contribution in [-0.2, 0) is 4.79 Å². The van der Waals surface area contributed by atoms with E-state index < -0.39 is 0 Å². The molecule has 6 heteroatoms. The van der Waals surface area contributed by atoms with Gasteiger partial charge < -0.3 is 5.32 Å². The van der Waals surface area contributed by atoms with Gasteiger partial charge in [-0.25, -0.2) is 4.98 Å². The van der Waals surface area contributed by atoms with Crippen molar-refractivity contribution < 1.29 is 4.79 Å².